The lowest BCUT2D eigenvalue weighted by atomic mass is 9.82. The van der Waals surface area contributed by atoms with E-state index in [-0.39, 0.29) is 6.10 Å². The van der Waals surface area contributed by atoms with E-state index >= 15 is 0 Å². The van der Waals surface area contributed by atoms with Gasteiger partial charge in [-0.15, -0.1) is 0 Å². The lowest BCUT2D eigenvalue weighted by Crippen LogP contribution is -2.35. The molecule has 1 aromatic rings. The van der Waals surface area contributed by atoms with Crippen molar-refractivity contribution in [1.29, 1.82) is 0 Å². The first-order valence-corrected chi connectivity index (χ1v) is 5.53. The third-order valence-corrected chi connectivity index (χ3v) is 3.07. The van der Waals surface area contributed by atoms with Crippen LogP contribution in [0.3, 0.4) is 0 Å². The maximum atomic E-state index is 9.14. The van der Waals surface area contributed by atoms with Crippen molar-refractivity contribution in [3.8, 4) is 0 Å². The van der Waals surface area contributed by atoms with Crippen LogP contribution in [0.15, 0.2) is 6.20 Å². The third kappa shape index (κ3) is 2.58. The van der Waals surface area contributed by atoms with Crippen LogP contribution in [-0.2, 0) is 13.6 Å². The second-order valence-electron chi connectivity index (χ2n) is 4.54. The van der Waals surface area contributed by atoms with Gasteiger partial charge in [-0.3, -0.25) is 4.68 Å². The van der Waals surface area contributed by atoms with Gasteiger partial charge in [0, 0.05) is 25.4 Å². The molecule has 0 aromatic carbocycles. The van der Waals surface area contributed by atoms with Crippen molar-refractivity contribution in [2.24, 2.45) is 13.0 Å². The Balaban J connectivity index is 1.71. The summed E-state index contributed by atoms with van der Waals surface area (Å²) in [6.07, 6.45) is 3.92. The summed E-state index contributed by atoms with van der Waals surface area (Å²) < 4.78 is 1.85. The molecule has 84 valence electrons. The van der Waals surface area contributed by atoms with E-state index in [1.165, 1.54) is 5.56 Å². The van der Waals surface area contributed by atoms with E-state index in [2.05, 4.69) is 16.6 Å². The Labute approximate surface area is 90.3 Å². The second kappa shape index (κ2) is 4.33. The Bertz CT molecular complexity index is 329. The minimum absolute atomic E-state index is 0.0445. The van der Waals surface area contributed by atoms with Crippen LogP contribution < -0.4 is 5.32 Å². The molecule has 2 N–H and O–H groups in total. The highest BCUT2D eigenvalue weighted by atomic mass is 16.3. The average molecular weight is 209 g/mol. The quantitative estimate of drug-likeness (QED) is 0.763. The molecule has 15 heavy (non-hydrogen) atoms. The van der Waals surface area contributed by atoms with Crippen molar-refractivity contribution in [3.05, 3.63) is 17.5 Å². The Kier molecular flexibility index (Phi) is 3.07. The van der Waals surface area contributed by atoms with Crippen molar-refractivity contribution in [3.63, 3.8) is 0 Å². The van der Waals surface area contributed by atoms with Crippen LogP contribution in [-0.4, -0.2) is 27.5 Å². The summed E-state index contributed by atoms with van der Waals surface area (Å²) in [5, 5.41) is 16.8. The molecule has 1 heterocycles. The summed E-state index contributed by atoms with van der Waals surface area (Å²) >= 11 is 0. The number of rotatable bonds is 4. The van der Waals surface area contributed by atoms with Crippen LogP contribution in [0.2, 0.25) is 0 Å². The number of aliphatic hydroxyl groups excluding tert-OH is 1. The predicted molar refractivity (Wildman–Crippen MR) is 58.4 cm³/mol. The van der Waals surface area contributed by atoms with Crippen LogP contribution >= 0.6 is 0 Å². The van der Waals surface area contributed by atoms with E-state index in [4.69, 9.17) is 5.11 Å². The lowest BCUT2D eigenvalue weighted by Gasteiger charge is -2.31. The predicted octanol–water partition coefficient (Wildman–Crippen LogP) is 0.589. The maximum Gasteiger partial charge on any atom is 0.0638 e. The van der Waals surface area contributed by atoms with Gasteiger partial charge in [0.05, 0.1) is 11.8 Å². The molecule has 1 saturated carbocycles. The third-order valence-electron chi connectivity index (χ3n) is 3.07. The van der Waals surface area contributed by atoms with Gasteiger partial charge in [-0.25, -0.2) is 0 Å². The molecule has 4 heteroatoms. The zero-order valence-corrected chi connectivity index (χ0v) is 9.40. The summed E-state index contributed by atoms with van der Waals surface area (Å²) in [5.41, 5.74) is 2.36. The normalized spacial score (nSPS) is 25.3. The van der Waals surface area contributed by atoms with Gasteiger partial charge in [-0.1, -0.05) is 0 Å². The highest BCUT2D eigenvalue weighted by Crippen LogP contribution is 2.26. The topological polar surface area (TPSA) is 50.1 Å². The van der Waals surface area contributed by atoms with Crippen molar-refractivity contribution >= 4 is 0 Å². The molecule has 0 saturated heterocycles. The first-order chi connectivity index (χ1) is 7.15. The first kappa shape index (κ1) is 10.6. The molecule has 0 bridgehead atoms. The molecule has 1 aliphatic rings. The fourth-order valence-corrected chi connectivity index (χ4v) is 2.10. The average Bonchev–Trinajstić information content (AvgIpc) is 2.42. The number of aryl methyl sites for hydroxylation is 2. The molecule has 0 aliphatic heterocycles. The molecule has 0 spiro atoms. The minimum atomic E-state index is -0.0445. The van der Waals surface area contributed by atoms with Crippen LogP contribution in [0.25, 0.3) is 0 Å². The van der Waals surface area contributed by atoms with Gasteiger partial charge >= 0.3 is 0 Å². The van der Waals surface area contributed by atoms with Crippen LogP contribution in [0.4, 0.5) is 0 Å². The Hall–Kier alpha value is -0.870. The standard InChI is InChI=1S/C11H19N3O/c1-8-10(7-14(2)13-8)6-12-5-9-3-11(15)4-9/h7,9,11-12,15H,3-6H2,1-2H3. The molecule has 1 fully saturated rings. The first-order valence-electron chi connectivity index (χ1n) is 5.53. The Morgan fingerprint density at radius 3 is 2.87 bits per heavy atom. The van der Waals surface area contributed by atoms with E-state index in [0.29, 0.717) is 5.92 Å². The minimum Gasteiger partial charge on any atom is -0.393 e. The number of aliphatic hydroxyl groups is 1. The summed E-state index contributed by atoms with van der Waals surface area (Å²) in [5.74, 6) is 0.664. The van der Waals surface area contributed by atoms with E-state index in [1.807, 2.05) is 18.7 Å². The SMILES string of the molecule is Cc1nn(C)cc1CNCC1CC(O)C1. The molecular weight excluding hydrogens is 190 g/mol. The summed E-state index contributed by atoms with van der Waals surface area (Å²) in [6.45, 7) is 3.92. The molecule has 1 aromatic heterocycles. The number of nitrogens with one attached hydrogen (secondary N) is 1. The van der Waals surface area contributed by atoms with E-state index in [0.717, 1.165) is 31.6 Å². The number of hydrogen-bond acceptors (Lipinski definition) is 3. The molecule has 4 nitrogen and oxygen atoms in total. The molecular formula is C11H19N3O. The smallest absolute Gasteiger partial charge is 0.0638 e. The zero-order chi connectivity index (χ0) is 10.8. The monoisotopic (exact) mass is 209 g/mol. The Morgan fingerprint density at radius 1 is 1.60 bits per heavy atom. The largest absolute Gasteiger partial charge is 0.393 e. The van der Waals surface area contributed by atoms with Crippen molar-refractivity contribution in [2.45, 2.75) is 32.4 Å². The maximum absolute atomic E-state index is 9.14. The molecule has 0 atom stereocenters. The van der Waals surface area contributed by atoms with Gasteiger partial charge in [0.1, 0.15) is 0 Å². The van der Waals surface area contributed by atoms with Crippen LogP contribution in [0.5, 0.6) is 0 Å². The van der Waals surface area contributed by atoms with Gasteiger partial charge in [-0.2, -0.15) is 5.10 Å². The van der Waals surface area contributed by atoms with Crippen molar-refractivity contribution in [2.75, 3.05) is 6.54 Å². The van der Waals surface area contributed by atoms with Crippen molar-refractivity contribution < 1.29 is 5.11 Å². The van der Waals surface area contributed by atoms with Crippen LogP contribution in [0, 0.1) is 12.8 Å². The fourth-order valence-electron chi connectivity index (χ4n) is 2.10. The second-order valence-corrected chi connectivity index (χ2v) is 4.54. The van der Waals surface area contributed by atoms with Gasteiger partial charge in [0.15, 0.2) is 0 Å². The highest BCUT2D eigenvalue weighted by Gasteiger charge is 2.26. The Morgan fingerprint density at radius 2 is 2.33 bits per heavy atom. The number of nitrogens with zero attached hydrogens (tertiary/aromatic N) is 2. The molecule has 0 unspecified atom stereocenters. The molecule has 0 amide bonds. The zero-order valence-electron chi connectivity index (χ0n) is 9.40. The molecule has 2 rings (SSSR count). The summed E-state index contributed by atoms with van der Waals surface area (Å²) in [4.78, 5) is 0. The van der Waals surface area contributed by atoms with Crippen LogP contribution in [0.1, 0.15) is 24.1 Å². The van der Waals surface area contributed by atoms with E-state index < -0.39 is 0 Å². The summed E-state index contributed by atoms with van der Waals surface area (Å²) in [7, 11) is 1.94. The summed E-state index contributed by atoms with van der Waals surface area (Å²) in [6, 6.07) is 0. The lowest BCUT2D eigenvalue weighted by molar-refractivity contribution is 0.0429. The van der Waals surface area contributed by atoms with Gasteiger partial charge in [0.25, 0.3) is 0 Å². The van der Waals surface area contributed by atoms with Gasteiger partial charge in [0.2, 0.25) is 0 Å². The van der Waals surface area contributed by atoms with E-state index in [1.54, 1.807) is 0 Å². The molecule has 1 aliphatic carbocycles. The van der Waals surface area contributed by atoms with Gasteiger partial charge in [-0.05, 0) is 32.2 Å². The fraction of sp³-hybridized carbons (Fsp3) is 0.727. The van der Waals surface area contributed by atoms with Gasteiger partial charge < -0.3 is 10.4 Å². The van der Waals surface area contributed by atoms with Crippen molar-refractivity contribution in [1.82, 2.24) is 15.1 Å². The highest BCUT2D eigenvalue weighted by molar-refractivity contribution is 5.14. The number of aromatic nitrogens is 2. The number of hydrogen-bond donors (Lipinski definition) is 2. The van der Waals surface area contributed by atoms with E-state index in [9.17, 15) is 0 Å². The molecule has 0 radical (unpaired) electrons.